The number of rotatable bonds is 10. The number of carbonyl (C=O) groups is 4. The van der Waals surface area contributed by atoms with Gasteiger partial charge in [-0.2, -0.15) is 0 Å². The summed E-state index contributed by atoms with van der Waals surface area (Å²) in [5.74, 6) is -2.26. The second-order valence-corrected chi connectivity index (χ2v) is 9.37. The molecule has 9 nitrogen and oxygen atoms in total. The highest BCUT2D eigenvalue weighted by Gasteiger charge is 2.53. The van der Waals surface area contributed by atoms with Gasteiger partial charge >= 0.3 is 23.9 Å². The van der Waals surface area contributed by atoms with Crippen LogP contribution in [0, 0.1) is 0 Å². The van der Waals surface area contributed by atoms with Crippen molar-refractivity contribution in [2.24, 2.45) is 0 Å². The van der Waals surface area contributed by atoms with Gasteiger partial charge < -0.3 is 23.7 Å². The third-order valence-corrected chi connectivity index (χ3v) is 6.27. The average Bonchev–Trinajstić information content (AvgIpc) is 3.30. The quantitative estimate of drug-likeness (QED) is 0.345. The fourth-order valence-electron chi connectivity index (χ4n) is 4.10. The van der Waals surface area contributed by atoms with Gasteiger partial charge in [0.15, 0.2) is 11.7 Å². The molecule has 0 radical (unpaired) electrons. The van der Waals surface area contributed by atoms with Crippen LogP contribution in [0.25, 0.3) is 0 Å². The first-order chi connectivity index (χ1) is 17.5. The molecule has 0 bridgehead atoms. The van der Waals surface area contributed by atoms with Crippen LogP contribution in [0.2, 0.25) is 0 Å². The van der Waals surface area contributed by atoms with E-state index in [1.54, 1.807) is 74.5 Å². The van der Waals surface area contributed by atoms with E-state index in [9.17, 15) is 19.2 Å². The Bertz CT molecular complexity index is 1100. The Labute approximate surface area is 216 Å². The predicted molar refractivity (Wildman–Crippen MR) is 132 cm³/mol. The van der Waals surface area contributed by atoms with E-state index < -0.39 is 47.3 Å². The Morgan fingerprint density at radius 1 is 0.919 bits per heavy atom. The van der Waals surface area contributed by atoms with Crippen LogP contribution >= 0.6 is 0 Å². The number of ether oxygens (including phenoxy) is 5. The summed E-state index contributed by atoms with van der Waals surface area (Å²) in [5.41, 5.74) is -1.75. The molecular formula is C28H32O9. The molecule has 1 fully saturated rings. The van der Waals surface area contributed by atoms with E-state index in [1.807, 2.05) is 0 Å². The molecule has 9 heteroatoms. The van der Waals surface area contributed by atoms with Gasteiger partial charge in [0.2, 0.25) is 0 Å². The maximum Gasteiger partial charge on any atom is 0.338 e. The van der Waals surface area contributed by atoms with Crippen LogP contribution < -0.4 is 0 Å². The molecule has 1 saturated heterocycles. The van der Waals surface area contributed by atoms with Crippen molar-refractivity contribution >= 4 is 23.9 Å². The van der Waals surface area contributed by atoms with Crippen LogP contribution in [-0.2, 0) is 33.3 Å². The SMILES string of the molecule is CC(=O)OC[C@@H](OC(=O)c1ccccc1)[C@@]1(C)CC[C@@H](C(C)(COC(C)=O)OC(=O)c2ccccc2)O1. The molecule has 0 amide bonds. The standard InChI is InChI=1S/C28H32O9/c1-19(29)33-17-24(35-25(31)21-11-7-5-8-12-21)27(3)16-15-23(36-27)28(4,18-34-20(2)30)37-26(32)22-13-9-6-10-14-22/h5-14,23-24H,15-18H2,1-4H3/t23-,24+,27+,28?/m0/s1. The number of hydrogen-bond donors (Lipinski definition) is 0. The first-order valence-corrected chi connectivity index (χ1v) is 12.0. The van der Waals surface area contributed by atoms with E-state index in [0.29, 0.717) is 24.0 Å². The van der Waals surface area contributed by atoms with Crippen molar-refractivity contribution in [1.82, 2.24) is 0 Å². The molecule has 2 aromatic carbocycles. The van der Waals surface area contributed by atoms with Gasteiger partial charge in [0.25, 0.3) is 0 Å². The van der Waals surface area contributed by atoms with E-state index in [-0.39, 0.29) is 13.2 Å². The van der Waals surface area contributed by atoms with Crippen LogP contribution in [0.15, 0.2) is 60.7 Å². The highest BCUT2D eigenvalue weighted by atomic mass is 16.6. The van der Waals surface area contributed by atoms with Crippen molar-refractivity contribution in [2.45, 2.75) is 63.9 Å². The number of esters is 4. The zero-order chi connectivity index (χ0) is 27.1. The van der Waals surface area contributed by atoms with Crippen LogP contribution in [-0.4, -0.2) is 60.5 Å². The Kier molecular flexibility index (Phi) is 9.04. The smallest absolute Gasteiger partial charge is 0.338 e. The van der Waals surface area contributed by atoms with Crippen LogP contribution in [0.3, 0.4) is 0 Å². The van der Waals surface area contributed by atoms with Crippen molar-refractivity contribution in [3.8, 4) is 0 Å². The molecule has 0 saturated carbocycles. The first-order valence-electron chi connectivity index (χ1n) is 12.0. The summed E-state index contributed by atoms with van der Waals surface area (Å²) in [5, 5.41) is 0. The zero-order valence-electron chi connectivity index (χ0n) is 21.4. The highest BCUT2D eigenvalue weighted by Crippen LogP contribution is 2.40. The van der Waals surface area contributed by atoms with Crippen molar-refractivity contribution < 1.29 is 42.9 Å². The molecule has 37 heavy (non-hydrogen) atoms. The van der Waals surface area contributed by atoms with Gasteiger partial charge in [0, 0.05) is 13.8 Å². The third-order valence-electron chi connectivity index (χ3n) is 6.27. The van der Waals surface area contributed by atoms with Crippen molar-refractivity contribution in [1.29, 1.82) is 0 Å². The van der Waals surface area contributed by atoms with E-state index in [2.05, 4.69) is 0 Å². The van der Waals surface area contributed by atoms with E-state index >= 15 is 0 Å². The van der Waals surface area contributed by atoms with Crippen molar-refractivity contribution in [2.75, 3.05) is 13.2 Å². The van der Waals surface area contributed by atoms with Crippen LogP contribution in [0.5, 0.6) is 0 Å². The van der Waals surface area contributed by atoms with Gasteiger partial charge in [-0.3, -0.25) is 9.59 Å². The molecule has 1 heterocycles. The number of benzene rings is 2. The lowest BCUT2D eigenvalue weighted by molar-refractivity contribution is -0.188. The third kappa shape index (κ3) is 7.39. The minimum absolute atomic E-state index is 0.221. The van der Waals surface area contributed by atoms with Gasteiger partial charge in [-0.05, 0) is 51.0 Å². The Balaban J connectivity index is 1.82. The molecule has 1 unspecified atom stereocenters. The highest BCUT2D eigenvalue weighted by molar-refractivity contribution is 5.90. The lowest BCUT2D eigenvalue weighted by atomic mass is 9.92. The van der Waals surface area contributed by atoms with Crippen LogP contribution in [0.1, 0.15) is 61.3 Å². The summed E-state index contributed by atoms with van der Waals surface area (Å²) < 4.78 is 28.4. The molecule has 2 aromatic rings. The predicted octanol–water partition coefficient (Wildman–Crippen LogP) is 3.89. The summed E-state index contributed by atoms with van der Waals surface area (Å²) in [6.07, 6.45) is -0.864. The Morgan fingerprint density at radius 2 is 1.46 bits per heavy atom. The summed E-state index contributed by atoms with van der Waals surface area (Å²) in [4.78, 5) is 48.8. The second kappa shape index (κ2) is 12.0. The molecule has 0 aliphatic carbocycles. The minimum atomic E-state index is -1.34. The largest absolute Gasteiger partial charge is 0.462 e. The van der Waals surface area contributed by atoms with Gasteiger partial charge in [-0.15, -0.1) is 0 Å². The second-order valence-electron chi connectivity index (χ2n) is 9.37. The molecule has 0 spiro atoms. The molecule has 4 atom stereocenters. The van der Waals surface area contributed by atoms with Gasteiger partial charge in [0.05, 0.1) is 11.1 Å². The molecule has 0 N–H and O–H groups in total. The van der Waals surface area contributed by atoms with E-state index in [4.69, 9.17) is 23.7 Å². The molecule has 0 aromatic heterocycles. The Hall–Kier alpha value is -3.72. The molecule has 1 aliphatic heterocycles. The summed E-state index contributed by atoms with van der Waals surface area (Å²) in [6.45, 7) is 5.43. The molecule has 1 aliphatic rings. The normalized spacial score (nSPS) is 21.2. The topological polar surface area (TPSA) is 114 Å². The van der Waals surface area contributed by atoms with Crippen LogP contribution in [0.4, 0.5) is 0 Å². The van der Waals surface area contributed by atoms with Crippen molar-refractivity contribution in [3.63, 3.8) is 0 Å². The summed E-state index contributed by atoms with van der Waals surface area (Å²) >= 11 is 0. The van der Waals surface area contributed by atoms with Crippen molar-refractivity contribution in [3.05, 3.63) is 71.8 Å². The molecule has 198 valence electrons. The summed E-state index contributed by atoms with van der Waals surface area (Å²) in [6, 6.07) is 16.9. The Morgan fingerprint density at radius 3 is 2.00 bits per heavy atom. The number of hydrogen-bond acceptors (Lipinski definition) is 9. The maximum absolute atomic E-state index is 12.9. The fraction of sp³-hybridized carbons (Fsp3) is 0.429. The van der Waals surface area contributed by atoms with Gasteiger partial charge in [0.1, 0.15) is 24.9 Å². The average molecular weight is 513 g/mol. The lowest BCUT2D eigenvalue weighted by Crippen LogP contribution is -2.51. The maximum atomic E-state index is 12.9. The molecule has 3 rings (SSSR count). The van der Waals surface area contributed by atoms with Gasteiger partial charge in [-0.1, -0.05) is 36.4 Å². The summed E-state index contributed by atoms with van der Waals surface area (Å²) in [7, 11) is 0. The molecular weight excluding hydrogens is 480 g/mol. The number of carbonyl (C=O) groups excluding carboxylic acids is 4. The lowest BCUT2D eigenvalue weighted by Gasteiger charge is -2.38. The van der Waals surface area contributed by atoms with E-state index in [0.717, 1.165) is 0 Å². The first kappa shape index (κ1) is 27.9. The monoisotopic (exact) mass is 512 g/mol. The fourth-order valence-corrected chi connectivity index (χ4v) is 4.10. The minimum Gasteiger partial charge on any atom is -0.462 e. The van der Waals surface area contributed by atoms with Gasteiger partial charge in [-0.25, -0.2) is 9.59 Å². The van der Waals surface area contributed by atoms with E-state index in [1.165, 1.54) is 13.8 Å². The zero-order valence-corrected chi connectivity index (χ0v) is 21.4.